The predicted octanol–water partition coefficient (Wildman–Crippen LogP) is 0.957. The van der Waals surface area contributed by atoms with Crippen molar-refractivity contribution in [2.45, 2.75) is 0 Å². The van der Waals surface area contributed by atoms with Crippen LogP contribution in [0, 0.1) is 0 Å². The van der Waals surface area contributed by atoms with Crippen LogP contribution in [0.3, 0.4) is 0 Å². The molecule has 0 saturated carbocycles. The average Bonchev–Trinajstić information content (AvgIpc) is 2.47. The van der Waals surface area contributed by atoms with Gasteiger partial charge in [-0.15, -0.1) is 0 Å². The van der Waals surface area contributed by atoms with Gasteiger partial charge in [-0.3, -0.25) is 4.98 Å². The van der Waals surface area contributed by atoms with Gasteiger partial charge in [0.15, 0.2) is 0 Å². The Morgan fingerprint density at radius 2 is 2.42 bits per heavy atom. The van der Waals surface area contributed by atoms with Crippen LogP contribution in [0.15, 0.2) is 24.8 Å². The summed E-state index contributed by atoms with van der Waals surface area (Å²) in [5.74, 6) is 0. The molecule has 2 rings (SSSR count). The highest BCUT2D eigenvalue weighted by Crippen LogP contribution is 2.08. The van der Waals surface area contributed by atoms with Gasteiger partial charge in [-0.25, -0.2) is 14.3 Å². The van der Waals surface area contributed by atoms with Gasteiger partial charge in [-0.2, -0.15) is 0 Å². The summed E-state index contributed by atoms with van der Waals surface area (Å²) in [6.07, 6.45) is 3.27. The highest BCUT2D eigenvalue weighted by Gasteiger charge is 2.06. The molecule has 2 heterocycles. The lowest BCUT2D eigenvalue weighted by Gasteiger charge is -1.93. The van der Waals surface area contributed by atoms with Crippen LogP contribution in [0.1, 0.15) is 0 Å². The fourth-order valence-electron chi connectivity index (χ4n) is 1.02. The molecule has 0 amide bonds. The van der Waals surface area contributed by atoms with Crippen molar-refractivity contribution in [3.63, 3.8) is 0 Å². The maximum Gasteiger partial charge on any atom is 0.417 e. The first-order valence-electron chi connectivity index (χ1n) is 3.29. The number of carbonyl (C=O) groups is 1. The highest BCUT2D eigenvalue weighted by atomic mass is 16.4. The normalized spacial score (nSPS) is 10.3. The predicted molar refractivity (Wildman–Crippen MR) is 41.0 cm³/mol. The van der Waals surface area contributed by atoms with Crippen molar-refractivity contribution in [3.8, 4) is 0 Å². The number of hydrogen-bond donors (Lipinski definition) is 1. The first kappa shape index (κ1) is 6.78. The second-order valence-corrected chi connectivity index (χ2v) is 2.26. The molecule has 0 aliphatic rings. The zero-order valence-corrected chi connectivity index (χ0v) is 6.01. The van der Waals surface area contributed by atoms with Gasteiger partial charge in [0, 0.05) is 6.20 Å². The van der Waals surface area contributed by atoms with Crippen LogP contribution in [0.5, 0.6) is 0 Å². The van der Waals surface area contributed by atoms with Crippen LogP contribution in [-0.2, 0) is 0 Å². The topological polar surface area (TPSA) is 68.0 Å². The molecule has 0 radical (unpaired) electrons. The van der Waals surface area contributed by atoms with Crippen molar-refractivity contribution in [3.05, 3.63) is 24.8 Å². The van der Waals surface area contributed by atoms with E-state index in [4.69, 9.17) is 5.11 Å². The Hall–Kier alpha value is -1.91. The molecule has 1 N–H and O–H groups in total. The number of pyridine rings is 1. The summed E-state index contributed by atoms with van der Waals surface area (Å²) in [7, 11) is 0. The molecule has 12 heavy (non-hydrogen) atoms. The quantitative estimate of drug-likeness (QED) is 0.628. The largest absolute Gasteiger partial charge is 0.464 e. The molecule has 5 nitrogen and oxygen atoms in total. The van der Waals surface area contributed by atoms with Crippen molar-refractivity contribution in [2.24, 2.45) is 0 Å². The van der Waals surface area contributed by atoms with Gasteiger partial charge in [-0.05, 0) is 6.07 Å². The Balaban J connectivity index is 2.79. The molecule has 0 unspecified atom stereocenters. The van der Waals surface area contributed by atoms with E-state index in [1.165, 1.54) is 18.7 Å². The lowest BCUT2D eigenvalue weighted by Crippen LogP contribution is -2.05. The molecule has 5 heteroatoms. The Bertz CT molecular complexity index is 435. The van der Waals surface area contributed by atoms with Gasteiger partial charge < -0.3 is 5.11 Å². The third kappa shape index (κ3) is 0.833. The molecule has 0 fully saturated rings. The Labute approximate surface area is 67.3 Å². The maximum atomic E-state index is 10.6. The van der Waals surface area contributed by atoms with E-state index in [0.717, 1.165) is 4.57 Å². The second kappa shape index (κ2) is 2.30. The lowest BCUT2D eigenvalue weighted by molar-refractivity contribution is 0.197. The molecule has 0 saturated heterocycles. The molecular weight excluding hydrogens is 158 g/mol. The molecule has 0 aliphatic heterocycles. The van der Waals surface area contributed by atoms with Gasteiger partial charge in [0.05, 0.1) is 11.7 Å². The van der Waals surface area contributed by atoms with E-state index in [0.29, 0.717) is 11.0 Å². The third-order valence-corrected chi connectivity index (χ3v) is 1.56. The Morgan fingerprint density at radius 1 is 1.58 bits per heavy atom. The minimum atomic E-state index is -1.04. The van der Waals surface area contributed by atoms with Crippen LogP contribution < -0.4 is 0 Å². The maximum absolute atomic E-state index is 10.6. The highest BCUT2D eigenvalue weighted by molar-refractivity contribution is 5.84. The molecule has 2 aromatic rings. The van der Waals surface area contributed by atoms with Gasteiger partial charge in [0.25, 0.3) is 0 Å². The first-order valence-corrected chi connectivity index (χ1v) is 3.29. The van der Waals surface area contributed by atoms with Gasteiger partial charge >= 0.3 is 6.09 Å². The van der Waals surface area contributed by atoms with Crippen LogP contribution in [-0.4, -0.2) is 25.7 Å². The van der Waals surface area contributed by atoms with Crippen molar-refractivity contribution in [2.75, 3.05) is 0 Å². The van der Waals surface area contributed by atoms with Crippen molar-refractivity contribution in [1.82, 2.24) is 14.5 Å². The van der Waals surface area contributed by atoms with Crippen LogP contribution in [0.25, 0.3) is 11.0 Å². The smallest absolute Gasteiger partial charge is 0.417 e. The van der Waals surface area contributed by atoms with Crippen molar-refractivity contribution in [1.29, 1.82) is 0 Å². The zero-order valence-electron chi connectivity index (χ0n) is 6.01. The van der Waals surface area contributed by atoms with Crippen LogP contribution >= 0.6 is 0 Å². The van der Waals surface area contributed by atoms with E-state index in [1.807, 2.05) is 0 Å². The van der Waals surface area contributed by atoms with Crippen LogP contribution in [0.4, 0.5) is 4.79 Å². The summed E-state index contributed by atoms with van der Waals surface area (Å²) in [6, 6.07) is 1.61. The molecule has 0 aromatic carbocycles. The molecule has 2 aromatic heterocycles. The molecular formula is C7H5N3O2. The number of fused-ring (bicyclic) bond motifs is 1. The van der Waals surface area contributed by atoms with E-state index in [-0.39, 0.29) is 0 Å². The molecule has 0 atom stereocenters. The van der Waals surface area contributed by atoms with Crippen molar-refractivity contribution < 1.29 is 9.90 Å². The molecule has 0 aliphatic carbocycles. The fourth-order valence-corrected chi connectivity index (χ4v) is 1.02. The summed E-state index contributed by atoms with van der Waals surface area (Å²) >= 11 is 0. The van der Waals surface area contributed by atoms with E-state index in [2.05, 4.69) is 9.97 Å². The number of aromatic nitrogens is 3. The summed E-state index contributed by atoms with van der Waals surface area (Å²) in [5.41, 5.74) is 1.14. The number of rotatable bonds is 0. The summed E-state index contributed by atoms with van der Waals surface area (Å²) in [4.78, 5) is 18.3. The lowest BCUT2D eigenvalue weighted by atomic mass is 10.4. The summed E-state index contributed by atoms with van der Waals surface area (Å²) < 4.78 is 1.05. The van der Waals surface area contributed by atoms with E-state index >= 15 is 0 Å². The number of imidazole rings is 1. The number of hydrogen-bond acceptors (Lipinski definition) is 3. The Kier molecular flexibility index (Phi) is 1.30. The average molecular weight is 163 g/mol. The minimum Gasteiger partial charge on any atom is -0.464 e. The van der Waals surface area contributed by atoms with Crippen LogP contribution in [0.2, 0.25) is 0 Å². The molecule has 60 valence electrons. The van der Waals surface area contributed by atoms with E-state index < -0.39 is 6.09 Å². The zero-order chi connectivity index (χ0) is 8.55. The number of nitrogens with zero attached hydrogens (tertiary/aromatic N) is 3. The summed E-state index contributed by atoms with van der Waals surface area (Å²) in [5, 5.41) is 8.67. The SMILES string of the molecule is O=C(O)n1cnc2cnccc21. The second-order valence-electron chi connectivity index (χ2n) is 2.26. The summed E-state index contributed by atoms with van der Waals surface area (Å²) in [6.45, 7) is 0. The van der Waals surface area contributed by atoms with Crippen molar-refractivity contribution >= 4 is 17.1 Å². The molecule has 0 bridgehead atoms. The fraction of sp³-hybridized carbons (Fsp3) is 0. The van der Waals surface area contributed by atoms with E-state index in [9.17, 15) is 4.79 Å². The monoisotopic (exact) mass is 163 g/mol. The first-order chi connectivity index (χ1) is 5.79. The van der Waals surface area contributed by atoms with Gasteiger partial charge in [-0.1, -0.05) is 0 Å². The standard InChI is InChI=1S/C7H5N3O2/c11-7(12)10-4-9-5-3-8-2-1-6(5)10/h1-4H,(H,11,12). The molecule has 0 spiro atoms. The minimum absolute atomic E-state index is 0.553. The number of carboxylic acid groups (broad SMARTS) is 1. The van der Waals surface area contributed by atoms with Gasteiger partial charge in [0.1, 0.15) is 11.8 Å². The Morgan fingerprint density at radius 3 is 3.17 bits per heavy atom. The third-order valence-electron chi connectivity index (χ3n) is 1.56. The van der Waals surface area contributed by atoms with E-state index in [1.54, 1.807) is 6.07 Å². The van der Waals surface area contributed by atoms with Gasteiger partial charge in [0.2, 0.25) is 0 Å².